The van der Waals surface area contributed by atoms with E-state index in [2.05, 4.69) is 50.4 Å². The summed E-state index contributed by atoms with van der Waals surface area (Å²) in [6.07, 6.45) is 3.02. The average Bonchev–Trinajstić information content (AvgIpc) is 3.05. The summed E-state index contributed by atoms with van der Waals surface area (Å²) in [5.74, 6) is 1.57. The SMILES string of the molecule is CC.CSc1c(N)cc(-c2ccc(C(C)C)cc2)c2c1CCO2. The van der Waals surface area contributed by atoms with Gasteiger partial charge in [0.05, 0.1) is 6.61 Å². The highest BCUT2D eigenvalue weighted by Crippen LogP contribution is 2.44. The van der Waals surface area contributed by atoms with Gasteiger partial charge in [-0.3, -0.25) is 0 Å². The number of hydrogen-bond acceptors (Lipinski definition) is 3. The quantitative estimate of drug-likeness (QED) is 0.576. The Morgan fingerprint density at radius 3 is 2.35 bits per heavy atom. The monoisotopic (exact) mass is 329 g/mol. The smallest absolute Gasteiger partial charge is 0.131 e. The second kappa shape index (κ2) is 7.78. The van der Waals surface area contributed by atoms with E-state index in [0.29, 0.717) is 5.92 Å². The van der Waals surface area contributed by atoms with Gasteiger partial charge in [0.2, 0.25) is 0 Å². The lowest BCUT2D eigenvalue weighted by molar-refractivity contribution is 0.358. The van der Waals surface area contributed by atoms with Crippen LogP contribution in [0.4, 0.5) is 5.69 Å². The van der Waals surface area contributed by atoms with E-state index in [1.165, 1.54) is 21.6 Å². The number of thioether (sulfide) groups is 1. The van der Waals surface area contributed by atoms with Gasteiger partial charge >= 0.3 is 0 Å². The lowest BCUT2D eigenvalue weighted by Crippen LogP contribution is -1.95. The van der Waals surface area contributed by atoms with Gasteiger partial charge in [0.1, 0.15) is 5.75 Å². The molecule has 2 nitrogen and oxygen atoms in total. The molecule has 0 saturated heterocycles. The molecular weight excluding hydrogens is 302 g/mol. The van der Waals surface area contributed by atoms with E-state index < -0.39 is 0 Å². The molecule has 3 heteroatoms. The molecule has 1 aliphatic heterocycles. The minimum absolute atomic E-state index is 0.546. The standard InChI is InChI=1S/C18H21NOS.C2H6/c1-11(2)12-4-6-13(7-5-12)15-10-16(19)18(21-3)14-8-9-20-17(14)15;1-2/h4-7,10-11H,8-9,19H2,1-3H3;1-2H3. The third-order valence-electron chi connectivity index (χ3n) is 4.05. The van der Waals surface area contributed by atoms with Crippen molar-refractivity contribution in [2.75, 3.05) is 18.6 Å². The van der Waals surface area contributed by atoms with Crippen LogP contribution in [0.2, 0.25) is 0 Å². The Morgan fingerprint density at radius 2 is 1.78 bits per heavy atom. The summed E-state index contributed by atoms with van der Waals surface area (Å²) in [4.78, 5) is 1.17. The zero-order valence-corrected chi connectivity index (χ0v) is 15.6. The van der Waals surface area contributed by atoms with Crippen molar-refractivity contribution < 1.29 is 4.74 Å². The second-order valence-corrected chi connectivity index (χ2v) is 6.55. The first kappa shape index (κ1) is 17.7. The van der Waals surface area contributed by atoms with Crippen molar-refractivity contribution in [1.29, 1.82) is 0 Å². The number of ether oxygens (including phenoxy) is 1. The van der Waals surface area contributed by atoms with Crippen LogP contribution in [0.5, 0.6) is 5.75 Å². The van der Waals surface area contributed by atoms with Crippen LogP contribution in [0.1, 0.15) is 44.7 Å². The van der Waals surface area contributed by atoms with Crippen LogP contribution in [0.25, 0.3) is 11.1 Å². The zero-order valence-electron chi connectivity index (χ0n) is 14.8. The lowest BCUT2D eigenvalue weighted by Gasteiger charge is -2.14. The predicted molar refractivity (Wildman–Crippen MR) is 103 cm³/mol. The molecule has 2 aromatic carbocycles. The van der Waals surface area contributed by atoms with E-state index >= 15 is 0 Å². The van der Waals surface area contributed by atoms with Gasteiger partial charge in [-0.15, -0.1) is 11.8 Å². The van der Waals surface area contributed by atoms with Gasteiger partial charge in [-0.1, -0.05) is 52.0 Å². The Balaban J connectivity index is 0.000000924. The fraction of sp³-hybridized carbons (Fsp3) is 0.400. The van der Waals surface area contributed by atoms with Gasteiger partial charge in [0.15, 0.2) is 0 Å². The molecular formula is C20H27NOS. The Bertz CT molecular complexity index is 662. The van der Waals surface area contributed by atoms with Gasteiger partial charge in [0.25, 0.3) is 0 Å². The molecule has 0 spiro atoms. The van der Waals surface area contributed by atoms with Crippen LogP contribution < -0.4 is 10.5 Å². The van der Waals surface area contributed by atoms with Gasteiger partial charge in [-0.2, -0.15) is 0 Å². The normalized spacial score (nSPS) is 12.4. The van der Waals surface area contributed by atoms with E-state index in [4.69, 9.17) is 10.5 Å². The molecule has 124 valence electrons. The first-order valence-electron chi connectivity index (χ1n) is 8.34. The van der Waals surface area contributed by atoms with Crippen molar-refractivity contribution in [3.05, 3.63) is 41.5 Å². The molecule has 0 atom stereocenters. The van der Waals surface area contributed by atoms with Crippen LogP contribution in [0.15, 0.2) is 35.2 Å². The zero-order chi connectivity index (χ0) is 17.0. The molecule has 0 amide bonds. The Morgan fingerprint density at radius 1 is 1.13 bits per heavy atom. The van der Waals surface area contributed by atoms with E-state index in [0.717, 1.165) is 30.0 Å². The number of rotatable bonds is 3. The molecule has 23 heavy (non-hydrogen) atoms. The maximum absolute atomic E-state index is 6.24. The predicted octanol–water partition coefficient (Wildman–Crippen LogP) is 5.74. The van der Waals surface area contributed by atoms with Crippen molar-refractivity contribution in [3.8, 4) is 16.9 Å². The first-order valence-corrected chi connectivity index (χ1v) is 9.56. The Kier molecular flexibility index (Phi) is 6.00. The summed E-state index contributed by atoms with van der Waals surface area (Å²) in [5, 5.41) is 0. The highest BCUT2D eigenvalue weighted by atomic mass is 32.2. The summed E-state index contributed by atoms with van der Waals surface area (Å²) in [7, 11) is 0. The van der Waals surface area contributed by atoms with Crippen LogP contribution in [0.3, 0.4) is 0 Å². The topological polar surface area (TPSA) is 35.2 Å². The van der Waals surface area contributed by atoms with E-state index in [9.17, 15) is 0 Å². The number of nitrogens with two attached hydrogens (primary N) is 1. The molecule has 0 radical (unpaired) electrons. The highest BCUT2D eigenvalue weighted by molar-refractivity contribution is 7.98. The largest absolute Gasteiger partial charge is 0.492 e. The van der Waals surface area contributed by atoms with Crippen molar-refractivity contribution in [2.45, 2.75) is 44.9 Å². The molecule has 3 rings (SSSR count). The molecule has 2 N–H and O–H groups in total. The van der Waals surface area contributed by atoms with Crippen molar-refractivity contribution >= 4 is 17.4 Å². The molecule has 0 aromatic heterocycles. The molecule has 2 aromatic rings. The fourth-order valence-electron chi connectivity index (χ4n) is 2.88. The van der Waals surface area contributed by atoms with Gasteiger partial charge in [0, 0.05) is 28.1 Å². The van der Waals surface area contributed by atoms with Crippen LogP contribution in [-0.4, -0.2) is 12.9 Å². The number of hydrogen-bond donors (Lipinski definition) is 1. The lowest BCUT2D eigenvalue weighted by atomic mass is 9.96. The third kappa shape index (κ3) is 3.50. The molecule has 1 aliphatic rings. The maximum atomic E-state index is 6.24. The minimum Gasteiger partial charge on any atom is -0.492 e. The summed E-state index contributed by atoms with van der Waals surface area (Å²) in [5.41, 5.74) is 12.0. The summed E-state index contributed by atoms with van der Waals surface area (Å²) < 4.78 is 5.89. The van der Waals surface area contributed by atoms with Crippen molar-refractivity contribution in [1.82, 2.24) is 0 Å². The number of anilines is 1. The van der Waals surface area contributed by atoms with E-state index in [1.54, 1.807) is 11.8 Å². The van der Waals surface area contributed by atoms with Crippen LogP contribution >= 0.6 is 11.8 Å². The average molecular weight is 330 g/mol. The van der Waals surface area contributed by atoms with Gasteiger partial charge in [-0.25, -0.2) is 0 Å². The summed E-state index contributed by atoms with van der Waals surface area (Å²) >= 11 is 1.71. The molecule has 0 unspecified atom stereocenters. The van der Waals surface area contributed by atoms with E-state index in [1.807, 2.05) is 13.8 Å². The van der Waals surface area contributed by atoms with Crippen molar-refractivity contribution in [2.24, 2.45) is 0 Å². The molecule has 0 saturated carbocycles. The second-order valence-electron chi connectivity index (χ2n) is 5.73. The number of nitrogen functional groups attached to an aromatic ring is 1. The highest BCUT2D eigenvalue weighted by Gasteiger charge is 2.23. The summed E-state index contributed by atoms with van der Waals surface area (Å²) in [6.45, 7) is 9.17. The number of benzene rings is 2. The van der Waals surface area contributed by atoms with Crippen LogP contribution in [-0.2, 0) is 6.42 Å². The van der Waals surface area contributed by atoms with E-state index in [-0.39, 0.29) is 0 Å². The molecule has 0 bridgehead atoms. The summed E-state index contributed by atoms with van der Waals surface area (Å²) in [6, 6.07) is 10.8. The van der Waals surface area contributed by atoms with Crippen molar-refractivity contribution in [3.63, 3.8) is 0 Å². The Labute approximate surface area is 144 Å². The first-order chi connectivity index (χ1) is 11.1. The van der Waals surface area contributed by atoms with Gasteiger partial charge < -0.3 is 10.5 Å². The molecule has 0 fully saturated rings. The minimum atomic E-state index is 0.546. The number of fused-ring (bicyclic) bond motifs is 1. The van der Waals surface area contributed by atoms with Gasteiger partial charge in [-0.05, 0) is 29.4 Å². The molecule has 1 heterocycles. The maximum Gasteiger partial charge on any atom is 0.131 e. The third-order valence-corrected chi connectivity index (χ3v) is 4.94. The van der Waals surface area contributed by atoms with Crippen LogP contribution in [0, 0.1) is 0 Å². The Hall–Kier alpha value is -1.61. The fourth-order valence-corrected chi connectivity index (χ4v) is 3.61. The molecule has 0 aliphatic carbocycles.